The highest BCUT2D eigenvalue weighted by Crippen LogP contribution is 2.17. The fraction of sp³-hybridized carbons (Fsp3) is 0.200. The van der Waals surface area contributed by atoms with Crippen LogP contribution in [0, 0.1) is 6.92 Å². The Labute approximate surface area is 158 Å². The number of carbonyl (C=O) groups excluding carboxylic acids is 2. The van der Waals surface area contributed by atoms with Crippen molar-refractivity contribution < 1.29 is 14.3 Å². The zero-order valence-electron chi connectivity index (χ0n) is 14.7. The molecule has 0 fully saturated rings. The molecule has 0 spiro atoms. The van der Waals surface area contributed by atoms with Crippen LogP contribution >= 0.6 is 11.6 Å². The maximum absolute atomic E-state index is 11.7. The monoisotopic (exact) mass is 372 g/mol. The topological polar surface area (TPSA) is 67.4 Å². The fourth-order valence-corrected chi connectivity index (χ4v) is 2.25. The quantitative estimate of drug-likeness (QED) is 0.602. The summed E-state index contributed by atoms with van der Waals surface area (Å²) in [4.78, 5) is 23.4. The van der Waals surface area contributed by atoms with Crippen LogP contribution < -0.4 is 15.6 Å². The minimum Gasteiger partial charge on any atom is -0.484 e. The molecule has 0 saturated heterocycles. The van der Waals surface area contributed by atoms with Gasteiger partial charge in [0.15, 0.2) is 6.61 Å². The van der Waals surface area contributed by atoms with Crippen molar-refractivity contribution in [1.29, 1.82) is 0 Å². The number of hydrogen-bond donors (Lipinski definition) is 2. The summed E-state index contributed by atoms with van der Waals surface area (Å²) in [5.74, 6) is -0.313. The summed E-state index contributed by atoms with van der Waals surface area (Å²) in [6, 6.07) is 13.0. The molecule has 2 rings (SSSR count). The van der Waals surface area contributed by atoms with Crippen LogP contribution in [0.4, 0.5) is 0 Å². The van der Waals surface area contributed by atoms with E-state index in [0.29, 0.717) is 10.8 Å². The SMILES string of the molecule is CCc1ccc(OCC(=O)NNC(=O)/C=C/c2ccc(C)c(Cl)c2)cc1. The number of aryl methyl sites for hydroxylation is 2. The van der Waals surface area contributed by atoms with Crippen molar-refractivity contribution in [2.24, 2.45) is 0 Å². The molecule has 6 heteroatoms. The van der Waals surface area contributed by atoms with Gasteiger partial charge in [0.1, 0.15) is 5.75 Å². The molecule has 0 heterocycles. The van der Waals surface area contributed by atoms with Crippen LogP contribution in [-0.2, 0) is 16.0 Å². The first kappa shape index (κ1) is 19.5. The lowest BCUT2D eigenvalue weighted by atomic mass is 10.1. The molecule has 2 N–H and O–H groups in total. The summed E-state index contributed by atoms with van der Waals surface area (Å²) < 4.78 is 5.36. The van der Waals surface area contributed by atoms with Crippen LogP contribution in [-0.4, -0.2) is 18.4 Å². The lowest BCUT2D eigenvalue weighted by Crippen LogP contribution is -2.43. The van der Waals surface area contributed by atoms with E-state index in [1.54, 1.807) is 24.3 Å². The third kappa shape index (κ3) is 6.26. The molecule has 0 saturated carbocycles. The molecule has 0 atom stereocenters. The van der Waals surface area contributed by atoms with E-state index in [4.69, 9.17) is 16.3 Å². The molecular formula is C20H21ClN2O3. The predicted octanol–water partition coefficient (Wildman–Crippen LogP) is 3.45. The van der Waals surface area contributed by atoms with Crippen LogP contribution in [0.1, 0.15) is 23.6 Å². The summed E-state index contributed by atoms with van der Waals surface area (Å²) in [5.41, 5.74) is 7.53. The second-order valence-electron chi connectivity index (χ2n) is 5.67. The first-order chi connectivity index (χ1) is 12.5. The Balaban J connectivity index is 1.74. The minimum absolute atomic E-state index is 0.191. The summed E-state index contributed by atoms with van der Waals surface area (Å²) in [5, 5.41) is 0.630. The Morgan fingerprint density at radius 2 is 1.85 bits per heavy atom. The summed E-state index contributed by atoms with van der Waals surface area (Å²) in [6.45, 7) is 3.77. The van der Waals surface area contributed by atoms with Crippen LogP contribution in [0.5, 0.6) is 5.75 Å². The van der Waals surface area contributed by atoms with Crippen LogP contribution in [0.25, 0.3) is 6.08 Å². The van der Waals surface area contributed by atoms with Gasteiger partial charge < -0.3 is 4.74 Å². The van der Waals surface area contributed by atoms with Crippen LogP contribution in [0.2, 0.25) is 5.02 Å². The number of hydrogen-bond acceptors (Lipinski definition) is 3. The number of benzene rings is 2. The molecule has 0 radical (unpaired) electrons. The van der Waals surface area contributed by atoms with Gasteiger partial charge in [-0.15, -0.1) is 0 Å². The predicted molar refractivity (Wildman–Crippen MR) is 103 cm³/mol. The van der Waals surface area contributed by atoms with Crippen molar-refractivity contribution in [3.8, 4) is 5.75 Å². The maximum Gasteiger partial charge on any atom is 0.276 e. The Morgan fingerprint density at radius 3 is 2.50 bits per heavy atom. The van der Waals surface area contributed by atoms with E-state index in [2.05, 4.69) is 17.8 Å². The average Bonchev–Trinajstić information content (AvgIpc) is 2.66. The van der Waals surface area contributed by atoms with E-state index in [0.717, 1.165) is 17.5 Å². The Hall–Kier alpha value is -2.79. The van der Waals surface area contributed by atoms with Gasteiger partial charge in [0, 0.05) is 11.1 Å². The van der Waals surface area contributed by atoms with Gasteiger partial charge in [-0.2, -0.15) is 0 Å². The van der Waals surface area contributed by atoms with E-state index in [1.807, 2.05) is 31.2 Å². The van der Waals surface area contributed by atoms with Crippen LogP contribution in [0.15, 0.2) is 48.5 Å². The molecule has 0 aliphatic rings. The van der Waals surface area contributed by atoms with Crippen molar-refractivity contribution in [3.05, 3.63) is 70.3 Å². The van der Waals surface area contributed by atoms with Gasteiger partial charge in [-0.1, -0.05) is 42.8 Å². The van der Waals surface area contributed by atoms with E-state index in [-0.39, 0.29) is 6.61 Å². The molecular weight excluding hydrogens is 352 g/mol. The number of nitrogens with one attached hydrogen (secondary N) is 2. The molecule has 0 aliphatic carbocycles. The molecule has 2 aromatic rings. The van der Waals surface area contributed by atoms with Gasteiger partial charge in [0.05, 0.1) is 0 Å². The fourth-order valence-electron chi connectivity index (χ4n) is 2.06. The highest BCUT2D eigenvalue weighted by molar-refractivity contribution is 6.31. The highest BCUT2D eigenvalue weighted by atomic mass is 35.5. The lowest BCUT2D eigenvalue weighted by Gasteiger charge is -2.08. The molecule has 0 bridgehead atoms. The number of halogens is 1. The average molecular weight is 373 g/mol. The normalized spacial score (nSPS) is 10.6. The number of hydrazine groups is 1. The Bertz CT molecular complexity index is 801. The zero-order valence-corrected chi connectivity index (χ0v) is 15.5. The molecule has 0 unspecified atom stereocenters. The molecule has 0 aliphatic heterocycles. The van der Waals surface area contributed by atoms with E-state index >= 15 is 0 Å². The molecule has 136 valence electrons. The Morgan fingerprint density at radius 1 is 1.12 bits per heavy atom. The number of rotatable bonds is 6. The van der Waals surface area contributed by atoms with Crippen molar-refractivity contribution >= 4 is 29.5 Å². The second kappa shape index (κ2) is 9.63. The van der Waals surface area contributed by atoms with E-state index < -0.39 is 11.8 Å². The van der Waals surface area contributed by atoms with Gasteiger partial charge in [0.25, 0.3) is 11.8 Å². The first-order valence-corrected chi connectivity index (χ1v) is 8.60. The molecule has 5 nitrogen and oxygen atoms in total. The summed E-state index contributed by atoms with van der Waals surface area (Å²) in [6.07, 6.45) is 3.86. The van der Waals surface area contributed by atoms with Gasteiger partial charge in [-0.25, -0.2) is 0 Å². The van der Waals surface area contributed by atoms with Crippen molar-refractivity contribution in [2.75, 3.05) is 6.61 Å². The van der Waals surface area contributed by atoms with Crippen molar-refractivity contribution in [1.82, 2.24) is 10.9 Å². The highest BCUT2D eigenvalue weighted by Gasteiger charge is 2.04. The van der Waals surface area contributed by atoms with Gasteiger partial charge in [0.2, 0.25) is 0 Å². The number of carbonyl (C=O) groups is 2. The summed E-state index contributed by atoms with van der Waals surface area (Å²) >= 11 is 6.03. The third-order valence-corrected chi connectivity index (χ3v) is 4.06. The van der Waals surface area contributed by atoms with Crippen molar-refractivity contribution in [3.63, 3.8) is 0 Å². The summed E-state index contributed by atoms with van der Waals surface area (Å²) in [7, 11) is 0. The maximum atomic E-state index is 11.7. The number of ether oxygens (including phenoxy) is 1. The first-order valence-electron chi connectivity index (χ1n) is 8.22. The molecule has 2 aromatic carbocycles. The third-order valence-electron chi connectivity index (χ3n) is 3.65. The van der Waals surface area contributed by atoms with E-state index in [9.17, 15) is 9.59 Å². The lowest BCUT2D eigenvalue weighted by molar-refractivity contribution is -0.128. The van der Waals surface area contributed by atoms with Gasteiger partial charge in [-0.3, -0.25) is 20.4 Å². The second-order valence-corrected chi connectivity index (χ2v) is 6.07. The standard InChI is InChI=1S/C20H21ClN2O3/c1-3-15-6-9-17(10-7-15)26-13-20(25)23-22-19(24)11-8-16-5-4-14(2)18(21)12-16/h4-12H,3,13H2,1-2H3,(H,22,24)(H,23,25)/b11-8+. The van der Waals surface area contributed by atoms with E-state index in [1.165, 1.54) is 11.6 Å². The smallest absolute Gasteiger partial charge is 0.276 e. The molecule has 0 aromatic heterocycles. The Kier molecular flexibility index (Phi) is 7.24. The minimum atomic E-state index is -0.456. The largest absolute Gasteiger partial charge is 0.484 e. The van der Waals surface area contributed by atoms with Gasteiger partial charge in [-0.05, 0) is 54.3 Å². The molecule has 26 heavy (non-hydrogen) atoms. The van der Waals surface area contributed by atoms with Gasteiger partial charge >= 0.3 is 0 Å². The number of amides is 2. The molecule has 2 amide bonds. The zero-order chi connectivity index (χ0) is 18.9. The van der Waals surface area contributed by atoms with Crippen molar-refractivity contribution in [2.45, 2.75) is 20.3 Å². The van der Waals surface area contributed by atoms with Crippen LogP contribution in [0.3, 0.4) is 0 Å².